The predicted molar refractivity (Wildman–Crippen MR) is 128 cm³/mol. The Morgan fingerprint density at radius 1 is 1.25 bits per heavy atom. The Bertz CT molecular complexity index is 610. The van der Waals surface area contributed by atoms with Crippen molar-refractivity contribution in [3.8, 4) is 0 Å². The molecule has 1 saturated heterocycles. The molecule has 0 amide bonds. The third-order valence-electron chi connectivity index (χ3n) is 4.58. The minimum atomic E-state index is -0.183. The Morgan fingerprint density at radius 3 is 2.61 bits per heavy atom. The molecule has 1 aromatic rings. The van der Waals surface area contributed by atoms with Crippen molar-refractivity contribution in [2.75, 3.05) is 39.5 Å². The smallest absolute Gasteiger partial charge is 0.191 e. The summed E-state index contributed by atoms with van der Waals surface area (Å²) in [5.74, 6) is 1.40. The van der Waals surface area contributed by atoms with Crippen LogP contribution in [0.15, 0.2) is 23.2 Å². The lowest BCUT2D eigenvalue weighted by molar-refractivity contribution is -0.0679. The van der Waals surface area contributed by atoms with Crippen LogP contribution in [-0.2, 0) is 17.0 Å². The zero-order valence-corrected chi connectivity index (χ0v) is 20.5. The van der Waals surface area contributed by atoms with Gasteiger partial charge in [-0.1, -0.05) is 6.07 Å². The van der Waals surface area contributed by atoms with E-state index in [0.717, 1.165) is 55.4 Å². The molecule has 1 aromatic carbocycles. The lowest BCUT2D eigenvalue weighted by Gasteiger charge is -2.35. The van der Waals surface area contributed by atoms with Crippen LogP contribution in [0, 0.1) is 5.82 Å². The Balaban J connectivity index is 0.00000392. The predicted octanol–water partition coefficient (Wildman–Crippen LogP) is 3.47. The number of halogens is 2. The lowest BCUT2D eigenvalue weighted by Crippen LogP contribution is -2.46. The van der Waals surface area contributed by atoms with Gasteiger partial charge in [0.25, 0.3) is 0 Å². The summed E-state index contributed by atoms with van der Waals surface area (Å²) in [6, 6.07) is 4.98. The van der Waals surface area contributed by atoms with Crippen molar-refractivity contribution in [3.05, 3.63) is 35.1 Å². The van der Waals surface area contributed by atoms with Crippen LogP contribution >= 0.6 is 35.7 Å². The number of nitrogens with zero attached hydrogens (tertiary/aromatic N) is 2. The summed E-state index contributed by atoms with van der Waals surface area (Å²) >= 11 is 1.69. The van der Waals surface area contributed by atoms with E-state index in [1.807, 2.05) is 12.3 Å². The van der Waals surface area contributed by atoms with E-state index >= 15 is 0 Å². The molecule has 0 saturated carbocycles. The monoisotopic (exact) mass is 524 g/mol. The largest absolute Gasteiger partial charge is 0.373 e. The van der Waals surface area contributed by atoms with Crippen LogP contribution in [0.2, 0.25) is 0 Å². The third-order valence-corrected chi connectivity index (χ3v) is 5.18. The number of hydrogen-bond acceptors (Lipinski definition) is 4. The second-order valence-corrected chi connectivity index (χ2v) is 7.94. The number of aliphatic imine (C=N–C) groups is 1. The van der Waals surface area contributed by atoms with Crippen LogP contribution in [-0.4, -0.2) is 62.5 Å². The van der Waals surface area contributed by atoms with Gasteiger partial charge in [0.05, 0.1) is 12.2 Å². The number of hydrogen-bond donors (Lipinski definition) is 2. The molecule has 1 fully saturated rings. The first-order valence-electron chi connectivity index (χ1n) is 9.60. The van der Waals surface area contributed by atoms with Crippen molar-refractivity contribution in [3.63, 3.8) is 0 Å². The molecule has 2 unspecified atom stereocenters. The first kappa shape index (κ1) is 25.5. The zero-order valence-electron chi connectivity index (χ0n) is 17.3. The molecule has 0 spiro atoms. The van der Waals surface area contributed by atoms with Crippen molar-refractivity contribution in [1.82, 2.24) is 15.5 Å². The molecule has 0 aromatic heterocycles. The number of morpholine rings is 1. The molecule has 2 rings (SSSR count). The highest BCUT2D eigenvalue weighted by Gasteiger charge is 2.21. The van der Waals surface area contributed by atoms with Gasteiger partial charge in [0.1, 0.15) is 5.82 Å². The fourth-order valence-corrected chi connectivity index (χ4v) is 4.01. The summed E-state index contributed by atoms with van der Waals surface area (Å²) in [5, 5.41) is 6.70. The lowest BCUT2D eigenvalue weighted by atomic mass is 10.1. The molecule has 1 aliphatic heterocycles. The van der Waals surface area contributed by atoms with Gasteiger partial charge in [-0.25, -0.2) is 4.39 Å². The molecule has 2 N–H and O–H groups in total. The maximum atomic E-state index is 13.5. The van der Waals surface area contributed by atoms with Gasteiger partial charge >= 0.3 is 0 Å². The highest BCUT2D eigenvalue weighted by Crippen LogP contribution is 2.16. The van der Waals surface area contributed by atoms with Crippen LogP contribution in [0.25, 0.3) is 0 Å². The van der Waals surface area contributed by atoms with Gasteiger partial charge in [-0.15, -0.1) is 24.0 Å². The summed E-state index contributed by atoms with van der Waals surface area (Å²) in [4.78, 5) is 6.75. The molecule has 2 atom stereocenters. The van der Waals surface area contributed by atoms with Gasteiger partial charge in [0, 0.05) is 45.5 Å². The number of thioether (sulfide) groups is 1. The number of guanidine groups is 1. The maximum Gasteiger partial charge on any atom is 0.191 e. The molecular weight excluding hydrogens is 490 g/mol. The minimum Gasteiger partial charge on any atom is -0.373 e. The topological polar surface area (TPSA) is 48.9 Å². The molecule has 0 bridgehead atoms. The Kier molecular flexibility index (Phi) is 12.4. The highest BCUT2D eigenvalue weighted by molar-refractivity contribution is 14.0. The molecule has 1 heterocycles. The van der Waals surface area contributed by atoms with Gasteiger partial charge in [-0.2, -0.15) is 11.8 Å². The summed E-state index contributed by atoms with van der Waals surface area (Å²) in [7, 11) is 1.77. The van der Waals surface area contributed by atoms with E-state index in [1.54, 1.807) is 24.9 Å². The van der Waals surface area contributed by atoms with Crippen molar-refractivity contribution < 1.29 is 9.13 Å². The standard InChI is InChI=1S/C20H33FN4OS.HI/c1-15-12-25(13-16(2)26-15)9-5-8-23-20(22-3)24-11-17-6-7-19(21)10-18(17)14-27-4;/h6-7,10,15-16H,5,8-9,11-14H2,1-4H3,(H2,22,23,24);1H. The number of rotatable bonds is 8. The van der Waals surface area contributed by atoms with Crippen LogP contribution in [0.3, 0.4) is 0 Å². The highest BCUT2D eigenvalue weighted by atomic mass is 127. The van der Waals surface area contributed by atoms with Gasteiger partial charge in [-0.05, 0) is 49.8 Å². The first-order valence-corrected chi connectivity index (χ1v) is 11.0. The number of ether oxygens (including phenoxy) is 1. The minimum absolute atomic E-state index is 0. The van der Waals surface area contributed by atoms with Crippen LogP contribution in [0.4, 0.5) is 4.39 Å². The molecule has 8 heteroatoms. The average Bonchev–Trinajstić information content (AvgIpc) is 2.62. The Labute approximate surface area is 190 Å². The van der Waals surface area contributed by atoms with Crippen LogP contribution in [0.1, 0.15) is 31.4 Å². The van der Waals surface area contributed by atoms with Crippen molar-refractivity contribution in [2.24, 2.45) is 4.99 Å². The molecule has 0 aliphatic carbocycles. The average molecular weight is 524 g/mol. The van der Waals surface area contributed by atoms with E-state index in [1.165, 1.54) is 6.07 Å². The fraction of sp³-hybridized carbons (Fsp3) is 0.650. The maximum absolute atomic E-state index is 13.5. The van der Waals surface area contributed by atoms with E-state index in [4.69, 9.17) is 4.74 Å². The van der Waals surface area contributed by atoms with Gasteiger partial charge in [0.2, 0.25) is 0 Å². The van der Waals surface area contributed by atoms with E-state index in [-0.39, 0.29) is 29.8 Å². The van der Waals surface area contributed by atoms with Crippen LogP contribution in [0.5, 0.6) is 0 Å². The zero-order chi connectivity index (χ0) is 19.6. The number of nitrogens with one attached hydrogen (secondary N) is 2. The van der Waals surface area contributed by atoms with E-state index in [0.29, 0.717) is 18.8 Å². The summed E-state index contributed by atoms with van der Waals surface area (Å²) in [6.45, 7) is 8.81. The SMILES string of the molecule is CN=C(NCCCN1CC(C)OC(C)C1)NCc1ccc(F)cc1CSC.I. The molecule has 0 radical (unpaired) electrons. The first-order chi connectivity index (χ1) is 13.0. The normalized spacial score (nSPS) is 20.5. The second-order valence-electron chi connectivity index (χ2n) is 7.07. The van der Waals surface area contributed by atoms with E-state index < -0.39 is 0 Å². The summed E-state index contributed by atoms with van der Waals surface area (Å²) < 4.78 is 19.2. The van der Waals surface area contributed by atoms with E-state index in [9.17, 15) is 4.39 Å². The van der Waals surface area contributed by atoms with Crippen LogP contribution < -0.4 is 10.6 Å². The fourth-order valence-electron chi connectivity index (χ4n) is 3.43. The quantitative estimate of drug-likeness (QED) is 0.236. The van der Waals surface area contributed by atoms with Crippen molar-refractivity contribution in [2.45, 2.75) is 44.8 Å². The van der Waals surface area contributed by atoms with Gasteiger partial charge in [-0.3, -0.25) is 9.89 Å². The van der Waals surface area contributed by atoms with Crippen molar-refractivity contribution in [1.29, 1.82) is 0 Å². The molecule has 5 nitrogen and oxygen atoms in total. The van der Waals surface area contributed by atoms with Crippen molar-refractivity contribution >= 4 is 41.7 Å². The van der Waals surface area contributed by atoms with Gasteiger partial charge < -0.3 is 15.4 Å². The number of benzene rings is 1. The second kappa shape index (κ2) is 13.6. The summed E-state index contributed by atoms with van der Waals surface area (Å²) in [6.07, 6.45) is 3.69. The molecule has 28 heavy (non-hydrogen) atoms. The third kappa shape index (κ3) is 8.84. The molecular formula is C20H34FIN4OS. The Morgan fingerprint density at radius 2 is 1.96 bits per heavy atom. The molecule has 160 valence electrons. The molecule has 1 aliphatic rings. The Hall–Kier alpha value is -0.580. The van der Waals surface area contributed by atoms with E-state index in [2.05, 4.69) is 34.4 Å². The summed E-state index contributed by atoms with van der Waals surface area (Å²) in [5.41, 5.74) is 2.13. The van der Waals surface area contributed by atoms with Gasteiger partial charge in [0.15, 0.2) is 5.96 Å².